The van der Waals surface area contributed by atoms with E-state index >= 15 is 0 Å². The van der Waals surface area contributed by atoms with Crippen LogP contribution < -0.4 is 58.2 Å². The van der Waals surface area contributed by atoms with Crippen LogP contribution in [0.15, 0.2) is 0 Å². The monoisotopic (exact) mass is 184 g/mol. The van der Waals surface area contributed by atoms with Crippen molar-refractivity contribution in [3.8, 4) is 0 Å². The van der Waals surface area contributed by atoms with Crippen molar-refractivity contribution in [1.82, 2.24) is 0 Å². The van der Waals surface area contributed by atoms with Crippen LogP contribution in [0.3, 0.4) is 0 Å². The first-order valence-electron chi connectivity index (χ1n) is 1.99. The van der Waals surface area contributed by atoms with Gasteiger partial charge in [0, 0.05) is 11.6 Å². The largest absolute Gasteiger partial charge is 1.00 e. The molecule has 0 aromatic heterocycles. The average molecular weight is 185 g/mol. The molecule has 0 aliphatic rings. The first kappa shape index (κ1) is 11.8. The number of Topliss-reactive ketones (excluding diaryl/α,β-unsaturated/α-hetero) is 2. The van der Waals surface area contributed by atoms with Crippen LogP contribution in [0.4, 0.5) is 0 Å². The van der Waals surface area contributed by atoms with Crippen molar-refractivity contribution in [2.24, 2.45) is 0 Å². The fourth-order valence-electron chi connectivity index (χ4n) is 0.286. The third kappa shape index (κ3) is 10.1. The minimum Gasteiger partial charge on any atom is -0.334 e. The third-order valence-corrected chi connectivity index (χ3v) is 0.407. The summed E-state index contributed by atoms with van der Waals surface area (Å²) in [5.41, 5.74) is 0. The molecule has 2 nitrogen and oxygen atoms in total. The molecule has 0 atom stereocenters. The second kappa shape index (κ2) is 6.14. The zero-order valence-electron chi connectivity index (χ0n) is 5.39. The molecule has 0 amide bonds. The van der Waals surface area contributed by atoms with E-state index in [1.54, 1.807) is 0 Å². The first-order valence-corrected chi connectivity index (χ1v) is 1.99. The Kier molecular flexibility index (Phi) is 9.03. The molecule has 0 bridgehead atoms. The van der Waals surface area contributed by atoms with Crippen LogP contribution in [0, 0.1) is 6.42 Å². The number of ketones is 2. The van der Waals surface area contributed by atoms with Gasteiger partial charge in [-0.05, 0) is 13.8 Å². The van der Waals surface area contributed by atoms with E-state index in [2.05, 4.69) is 0 Å². The standard InChI is InChI=1S/C5H7O2.Rb/c1-4(6)3-5(2)7;/h3H,1-2H3;/q-1;+1. The molecular weight excluding hydrogens is 178 g/mol. The third-order valence-electron chi connectivity index (χ3n) is 0.407. The summed E-state index contributed by atoms with van der Waals surface area (Å²) in [5.74, 6) is -0.375. The number of hydrogen-bond donors (Lipinski definition) is 0. The van der Waals surface area contributed by atoms with Crippen LogP contribution in [-0.4, -0.2) is 11.6 Å². The van der Waals surface area contributed by atoms with Gasteiger partial charge in [0.1, 0.15) is 0 Å². The summed E-state index contributed by atoms with van der Waals surface area (Å²) in [6.45, 7) is 2.70. The van der Waals surface area contributed by atoms with Crippen molar-refractivity contribution in [1.29, 1.82) is 0 Å². The molecule has 8 heavy (non-hydrogen) atoms. The van der Waals surface area contributed by atoms with Gasteiger partial charge in [0.2, 0.25) is 0 Å². The zero-order valence-corrected chi connectivity index (χ0v) is 10.3. The van der Waals surface area contributed by atoms with Gasteiger partial charge in [0.05, 0.1) is 0 Å². The average Bonchev–Trinajstić information content (AvgIpc) is 1.27. The molecule has 0 spiro atoms. The molecule has 0 rings (SSSR count). The van der Waals surface area contributed by atoms with Gasteiger partial charge < -0.3 is 9.59 Å². The first-order chi connectivity index (χ1) is 3.13. The van der Waals surface area contributed by atoms with Gasteiger partial charge in [-0.2, -0.15) is 0 Å². The molecule has 0 aromatic rings. The fourth-order valence-corrected chi connectivity index (χ4v) is 0.286. The van der Waals surface area contributed by atoms with Gasteiger partial charge in [-0.25, -0.2) is 0 Å². The van der Waals surface area contributed by atoms with Crippen LogP contribution in [-0.2, 0) is 9.59 Å². The Morgan fingerprint density at radius 1 is 1.12 bits per heavy atom. The van der Waals surface area contributed by atoms with E-state index in [-0.39, 0.29) is 69.8 Å². The van der Waals surface area contributed by atoms with Gasteiger partial charge >= 0.3 is 58.2 Å². The van der Waals surface area contributed by atoms with Gasteiger partial charge in [-0.1, -0.05) is 0 Å². The minimum absolute atomic E-state index is 0. The van der Waals surface area contributed by atoms with E-state index in [1.165, 1.54) is 13.8 Å². The quantitative estimate of drug-likeness (QED) is 0.348. The Bertz CT molecular complexity index is 86.6. The van der Waals surface area contributed by atoms with E-state index in [9.17, 15) is 9.59 Å². The summed E-state index contributed by atoms with van der Waals surface area (Å²) < 4.78 is 0. The van der Waals surface area contributed by atoms with Gasteiger partial charge in [-0.15, -0.1) is 0 Å². The normalized spacial score (nSPS) is 6.75. The van der Waals surface area contributed by atoms with Crippen LogP contribution >= 0.6 is 0 Å². The molecule has 0 aliphatic heterocycles. The summed E-state index contributed by atoms with van der Waals surface area (Å²) in [6.07, 6.45) is 1.06. The van der Waals surface area contributed by atoms with Crippen molar-refractivity contribution in [2.75, 3.05) is 0 Å². The van der Waals surface area contributed by atoms with E-state index in [0.29, 0.717) is 0 Å². The second-order valence-corrected chi connectivity index (χ2v) is 1.37. The molecule has 0 aliphatic carbocycles. The zero-order chi connectivity index (χ0) is 5.86. The summed E-state index contributed by atoms with van der Waals surface area (Å²) in [6, 6.07) is 0. The summed E-state index contributed by atoms with van der Waals surface area (Å²) >= 11 is 0. The molecule has 0 N–H and O–H groups in total. The van der Waals surface area contributed by atoms with Crippen molar-refractivity contribution in [2.45, 2.75) is 13.8 Å². The fraction of sp³-hybridized carbons (Fsp3) is 0.400. The number of hydrogen-bond acceptors (Lipinski definition) is 2. The maximum Gasteiger partial charge on any atom is 1.00 e. The van der Waals surface area contributed by atoms with E-state index in [1.807, 2.05) is 0 Å². The molecule has 0 saturated carbocycles. The summed E-state index contributed by atoms with van der Waals surface area (Å²) in [7, 11) is 0. The number of carbonyl (C=O) groups is 2. The summed E-state index contributed by atoms with van der Waals surface area (Å²) in [5, 5.41) is 0. The maximum atomic E-state index is 9.98. The molecule has 0 aromatic carbocycles. The molecule has 0 radical (unpaired) electrons. The predicted octanol–water partition coefficient (Wildman–Crippen LogP) is -2.63. The number of rotatable bonds is 2. The molecule has 3 heteroatoms. The molecule has 0 saturated heterocycles. The van der Waals surface area contributed by atoms with E-state index < -0.39 is 0 Å². The number of carbonyl (C=O) groups excluding carboxylic acids is 2. The van der Waals surface area contributed by atoms with Crippen molar-refractivity contribution in [3.63, 3.8) is 0 Å². The molecule has 0 unspecified atom stereocenters. The van der Waals surface area contributed by atoms with Crippen LogP contribution in [0.25, 0.3) is 0 Å². The van der Waals surface area contributed by atoms with E-state index in [0.717, 1.165) is 6.42 Å². The van der Waals surface area contributed by atoms with Crippen LogP contribution in [0.1, 0.15) is 13.8 Å². The summed E-state index contributed by atoms with van der Waals surface area (Å²) in [4.78, 5) is 20.0. The second-order valence-electron chi connectivity index (χ2n) is 1.37. The van der Waals surface area contributed by atoms with Crippen molar-refractivity contribution in [3.05, 3.63) is 6.42 Å². The van der Waals surface area contributed by atoms with Gasteiger partial charge in [0.15, 0.2) is 0 Å². The topological polar surface area (TPSA) is 34.1 Å². The Labute approximate surface area is 97.8 Å². The Morgan fingerprint density at radius 3 is 1.38 bits per heavy atom. The molecule has 40 valence electrons. The SMILES string of the molecule is CC(=O)[CH-]C(C)=O.[Rb+]. The van der Waals surface area contributed by atoms with Crippen molar-refractivity contribution >= 4 is 11.6 Å². The van der Waals surface area contributed by atoms with Gasteiger partial charge in [0.25, 0.3) is 0 Å². The molecule has 0 fully saturated rings. The smallest absolute Gasteiger partial charge is 0.334 e. The van der Waals surface area contributed by atoms with Gasteiger partial charge in [-0.3, -0.25) is 6.42 Å². The molecule has 0 heterocycles. The maximum absolute atomic E-state index is 9.98. The molecular formula is C5H7O2Rb. The van der Waals surface area contributed by atoms with Crippen molar-refractivity contribution < 1.29 is 67.8 Å². The Hall–Kier alpha value is 1.02. The Balaban J connectivity index is 0. The minimum atomic E-state index is -0.187. The van der Waals surface area contributed by atoms with Crippen LogP contribution in [0.5, 0.6) is 0 Å². The van der Waals surface area contributed by atoms with E-state index in [4.69, 9.17) is 0 Å². The predicted molar refractivity (Wildman–Crippen MR) is 25.7 cm³/mol. The van der Waals surface area contributed by atoms with Crippen LogP contribution in [0.2, 0.25) is 0 Å². The Morgan fingerprint density at radius 2 is 1.38 bits per heavy atom.